The molecule has 0 saturated carbocycles. The van der Waals surface area contributed by atoms with E-state index in [1.807, 2.05) is 0 Å². The quantitative estimate of drug-likeness (QED) is 0.410. The molecule has 184 valence electrons. The number of fused-ring (bicyclic) bond motifs is 1. The third-order valence-corrected chi connectivity index (χ3v) is 7.41. The first-order valence-corrected chi connectivity index (χ1v) is 12.6. The van der Waals surface area contributed by atoms with Gasteiger partial charge in [0.2, 0.25) is 0 Å². The van der Waals surface area contributed by atoms with Crippen molar-refractivity contribution < 1.29 is 23.9 Å². The Balaban J connectivity index is 1.84. The van der Waals surface area contributed by atoms with Gasteiger partial charge in [-0.3, -0.25) is 4.79 Å². The number of carbonyl (C=O) groups is 3. The highest BCUT2D eigenvalue weighted by atomic mass is 32.1. The molecule has 0 spiro atoms. The largest absolute Gasteiger partial charge is 0.462 e. The zero-order valence-electron chi connectivity index (χ0n) is 20.5. The standard InChI is InChI=1S/C26H34N2O5S/c1-6-19(33-24(30)15-9-8-10-17(27)13-15)22(29)28-23-21(25(31)32-7-2)18-12-11-16(26(3,4)5)14-20(18)34-23/h8-10,13,16,19H,6-7,11-12,14,27H2,1-5H3,(H,28,29). The summed E-state index contributed by atoms with van der Waals surface area (Å²) < 4.78 is 10.8. The monoisotopic (exact) mass is 486 g/mol. The summed E-state index contributed by atoms with van der Waals surface area (Å²) in [4.78, 5) is 39.6. The van der Waals surface area contributed by atoms with Gasteiger partial charge in [-0.2, -0.15) is 0 Å². The first-order valence-electron chi connectivity index (χ1n) is 11.7. The maximum Gasteiger partial charge on any atom is 0.341 e. The van der Waals surface area contributed by atoms with Gasteiger partial charge >= 0.3 is 11.9 Å². The first-order chi connectivity index (χ1) is 16.0. The van der Waals surface area contributed by atoms with Gasteiger partial charge in [0.15, 0.2) is 6.10 Å². The van der Waals surface area contributed by atoms with Gasteiger partial charge in [0.25, 0.3) is 5.91 Å². The summed E-state index contributed by atoms with van der Waals surface area (Å²) >= 11 is 1.42. The predicted octanol–water partition coefficient (Wildman–Crippen LogP) is 5.23. The molecule has 1 aliphatic rings. The van der Waals surface area contributed by atoms with E-state index >= 15 is 0 Å². The fraction of sp³-hybridized carbons (Fsp3) is 0.500. The van der Waals surface area contributed by atoms with Crippen molar-refractivity contribution in [1.29, 1.82) is 0 Å². The molecule has 34 heavy (non-hydrogen) atoms. The number of rotatable bonds is 7. The van der Waals surface area contributed by atoms with E-state index in [0.29, 0.717) is 22.2 Å². The van der Waals surface area contributed by atoms with Crippen LogP contribution in [0.3, 0.4) is 0 Å². The zero-order chi connectivity index (χ0) is 25.0. The molecule has 0 radical (unpaired) electrons. The van der Waals surface area contributed by atoms with Crippen molar-refractivity contribution in [2.75, 3.05) is 17.7 Å². The number of hydrogen-bond donors (Lipinski definition) is 2. The number of amides is 1. The minimum Gasteiger partial charge on any atom is -0.462 e. The van der Waals surface area contributed by atoms with Gasteiger partial charge in [0.05, 0.1) is 17.7 Å². The number of nitrogens with two attached hydrogens (primary N) is 1. The van der Waals surface area contributed by atoms with Crippen molar-refractivity contribution in [2.45, 2.75) is 66.4 Å². The van der Waals surface area contributed by atoms with Crippen LogP contribution in [0.5, 0.6) is 0 Å². The van der Waals surface area contributed by atoms with Crippen molar-refractivity contribution in [3.05, 3.63) is 45.8 Å². The van der Waals surface area contributed by atoms with Crippen LogP contribution >= 0.6 is 11.3 Å². The van der Waals surface area contributed by atoms with Crippen LogP contribution in [0, 0.1) is 11.3 Å². The van der Waals surface area contributed by atoms with Gasteiger partial charge < -0.3 is 20.5 Å². The Hall–Kier alpha value is -2.87. The lowest BCUT2D eigenvalue weighted by atomic mass is 9.72. The van der Waals surface area contributed by atoms with E-state index in [0.717, 1.165) is 29.7 Å². The number of hydrogen-bond acceptors (Lipinski definition) is 7. The molecule has 2 unspecified atom stereocenters. The van der Waals surface area contributed by atoms with Crippen LogP contribution in [0.1, 0.15) is 78.6 Å². The average molecular weight is 487 g/mol. The van der Waals surface area contributed by atoms with E-state index in [2.05, 4.69) is 26.1 Å². The van der Waals surface area contributed by atoms with Gasteiger partial charge in [-0.1, -0.05) is 33.8 Å². The average Bonchev–Trinajstić information content (AvgIpc) is 3.13. The van der Waals surface area contributed by atoms with Crippen LogP contribution < -0.4 is 11.1 Å². The third kappa shape index (κ3) is 5.78. The molecule has 0 aliphatic heterocycles. The van der Waals surface area contributed by atoms with Gasteiger partial charge in [-0.05, 0) is 67.7 Å². The minimum atomic E-state index is -1.01. The summed E-state index contributed by atoms with van der Waals surface area (Å²) in [6.45, 7) is 10.4. The molecule has 1 aliphatic carbocycles. The molecule has 1 aromatic carbocycles. The Bertz CT molecular complexity index is 1070. The Kier molecular flexibility index (Phi) is 8.02. The van der Waals surface area contributed by atoms with Crippen LogP contribution in [0.2, 0.25) is 0 Å². The summed E-state index contributed by atoms with van der Waals surface area (Å²) in [5.74, 6) is -1.05. The third-order valence-electron chi connectivity index (χ3n) is 6.24. The number of nitrogen functional groups attached to an aromatic ring is 1. The maximum absolute atomic E-state index is 13.1. The second-order valence-corrected chi connectivity index (χ2v) is 10.8. The molecule has 3 rings (SSSR count). The molecular weight excluding hydrogens is 452 g/mol. The van der Waals surface area contributed by atoms with Crippen molar-refractivity contribution >= 4 is 39.9 Å². The van der Waals surface area contributed by atoms with E-state index < -0.39 is 23.9 Å². The maximum atomic E-state index is 13.1. The molecular formula is C26H34N2O5S. The van der Waals surface area contributed by atoms with Gasteiger partial charge in [-0.25, -0.2) is 9.59 Å². The molecule has 0 bridgehead atoms. The Morgan fingerprint density at radius 2 is 1.94 bits per heavy atom. The lowest BCUT2D eigenvalue weighted by Gasteiger charge is -2.33. The smallest absolute Gasteiger partial charge is 0.341 e. The van der Waals surface area contributed by atoms with Crippen LogP contribution in [0.4, 0.5) is 10.7 Å². The van der Waals surface area contributed by atoms with E-state index in [-0.39, 0.29) is 24.0 Å². The van der Waals surface area contributed by atoms with Crippen molar-refractivity contribution in [3.63, 3.8) is 0 Å². The number of esters is 2. The van der Waals surface area contributed by atoms with Crippen molar-refractivity contribution in [1.82, 2.24) is 0 Å². The van der Waals surface area contributed by atoms with E-state index in [9.17, 15) is 14.4 Å². The minimum absolute atomic E-state index is 0.150. The molecule has 7 nitrogen and oxygen atoms in total. The highest BCUT2D eigenvalue weighted by Crippen LogP contribution is 2.44. The molecule has 2 aromatic rings. The van der Waals surface area contributed by atoms with Gasteiger partial charge in [0, 0.05) is 10.6 Å². The van der Waals surface area contributed by atoms with E-state index in [1.165, 1.54) is 17.4 Å². The number of carbonyl (C=O) groups excluding carboxylic acids is 3. The van der Waals surface area contributed by atoms with Crippen LogP contribution in [-0.2, 0) is 27.1 Å². The second kappa shape index (κ2) is 10.6. The number of thiophene rings is 1. The van der Waals surface area contributed by atoms with Gasteiger partial charge in [0.1, 0.15) is 5.00 Å². The lowest BCUT2D eigenvalue weighted by molar-refractivity contribution is -0.124. The first kappa shape index (κ1) is 25.7. The summed E-state index contributed by atoms with van der Waals surface area (Å²) in [7, 11) is 0. The number of ether oxygens (including phenoxy) is 2. The normalized spacial score (nSPS) is 16.3. The molecule has 1 amide bonds. The van der Waals surface area contributed by atoms with Gasteiger partial charge in [-0.15, -0.1) is 11.3 Å². The van der Waals surface area contributed by atoms with Crippen LogP contribution in [-0.4, -0.2) is 30.6 Å². The van der Waals surface area contributed by atoms with Crippen LogP contribution in [0.25, 0.3) is 0 Å². The molecule has 0 saturated heterocycles. The highest BCUT2D eigenvalue weighted by Gasteiger charge is 2.35. The van der Waals surface area contributed by atoms with Crippen LogP contribution in [0.15, 0.2) is 24.3 Å². The summed E-state index contributed by atoms with van der Waals surface area (Å²) in [5, 5.41) is 3.32. The molecule has 8 heteroatoms. The summed E-state index contributed by atoms with van der Waals surface area (Å²) in [6, 6.07) is 6.41. The molecule has 3 N–H and O–H groups in total. The number of anilines is 2. The fourth-order valence-corrected chi connectivity index (χ4v) is 5.53. The van der Waals surface area contributed by atoms with Crippen molar-refractivity contribution in [3.8, 4) is 0 Å². The fourth-order valence-electron chi connectivity index (χ4n) is 4.21. The SMILES string of the molecule is CCOC(=O)c1c(NC(=O)C(CC)OC(=O)c2cccc(N)c2)sc2c1CCC(C(C)(C)C)C2. The summed E-state index contributed by atoms with van der Waals surface area (Å²) in [6.07, 6.45) is 1.87. The topological polar surface area (TPSA) is 108 Å². The van der Waals surface area contributed by atoms with E-state index in [4.69, 9.17) is 15.2 Å². The molecule has 2 atom stereocenters. The Labute approximate surface area is 205 Å². The van der Waals surface area contributed by atoms with E-state index in [1.54, 1.807) is 32.0 Å². The zero-order valence-corrected chi connectivity index (χ0v) is 21.3. The molecule has 1 heterocycles. The number of benzene rings is 1. The van der Waals surface area contributed by atoms with Crippen molar-refractivity contribution in [2.24, 2.45) is 11.3 Å². The predicted molar refractivity (Wildman–Crippen MR) is 134 cm³/mol. The molecule has 1 aromatic heterocycles. The summed E-state index contributed by atoms with van der Waals surface area (Å²) in [5.41, 5.74) is 8.00. The number of nitrogens with one attached hydrogen (secondary N) is 1. The molecule has 0 fully saturated rings. The lowest BCUT2D eigenvalue weighted by Crippen LogP contribution is -2.32. The second-order valence-electron chi connectivity index (χ2n) is 9.65. The Morgan fingerprint density at radius 1 is 1.21 bits per heavy atom. The Morgan fingerprint density at radius 3 is 2.56 bits per heavy atom. The highest BCUT2D eigenvalue weighted by molar-refractivity contribution is 7.17.